The summed E-state index contributed by atoms with van der Waals surface area (Å²) in [7, 11) is 4.21. The second-order valence-electron chi connectivity index (χ2n) is 8.14. The number of carboxylic acids is 1. The number of piperidine rings is 1. The zero-order valence-corrected chi connectivity index (χ0v) is 16.8. The van der Waals surface area contributed by atoms with Gasteiger partial charge in [-0.3, -0.25) is 4.79 Å². The van der Waals surface area contributed by atoms with Gasteiger partial charge in [0.2, 0.25) is 5.95 Å². The van der Waals surface area contributed by atoms with Gasteiger partial charge in [0.1, 0.15) is 5.82 Å². The summed E-state index contributed by atoms with van der Waals surface area (Å²) < 4.78 is 5.46. The van der Waals surface area contributed by atoms with Crippen molar-refractivity contribution < 1.29 is 14.6 Å². The van der Waals surface area contributed by atoms with E-state index < -0.39 is 11.4 Å². The molecule has 0 radical (unpaired) electrons. The third-order valence-corrected chi connectivity index (χ3v) is 5.68. The maximum Gasteiger partial charge on any atom is 0.313 e. The van der Waals surface area contributed by atoms with Crippen LogP contribution in [-0.2, 0) is 14.9 Å². The van der Waals surface area contributed by atoms with Crippen LogP contribution in [0.4, 0.5) is 11.8 Å². The van der Waals surface area contributed by atoms with Crippen molar-refractivity contribution in [2.24, 2.45) is 0 Å². The van der Waals surface area contributed by atoms with Gasteiger partial charge in [-0.25, -0.2) is 4.98 Å². The van der Waals surface area contributed by atoms with E-state index in [0.29, 0.717) is 43.9 Å². The fourth-order valence-corrected chi connectivity index (χ4v) is 3.65. The molecule has 1 atom stereocenters. The van der Waals surface area contributed by atoms with E-state index in [1.807, 2.05) is 0 Å². The van der Waals surface area contributed by atoms with Crippen molar-refractivity contribution in [3.8, 4) is 0 Å². The number of aliphatic carboxylic acids is 1. The summed E-state index contributed by atoms with van der Waals surface area (Å²) in [5.41, 5.74) is -0.401. The van der Waals surface area contributed by atoms with E-state index >= 15 is 0 Å². The highest BCUT2D eigenvalue weighted by molar-refractivity contribution is 5.82. The average Bonchev–Trinajstić information content (AvgIpc) is 2.68. The minimum atomic E-state index is -1.06. The molecule has 3 rings (SSSR count). The van der Waals surface area contributed by atoms with Crippen LogP contribution in [0.2, 0.25) is 0 Å². The van der Waals surface area contributed by atoms with Gasteiger partial charge in [0.05, 0.1) is 18.6 Å². The van der Waals surface area contributed by atoms with Crippen LogP contribution in [0.15, 0.2) is 6.20 Å². The Kier molecular flexibility index (Phi) is 5.86. The third-order valence-electron chi connectivity index (χ3n) is 5.68. The molecule has 0 unspecified atom stereocenters. The molecule has 150 valence electrons. The number of likely N-dealkylation sites (N-methyl/N-ethyl adjacent to an activating group) is 1. The second kappa shape index (κ2) is 7.98. The highest BCUT2D eigenvalue weighted by atomic mass is 16.5. The number of aromatic nitrogens is 2. The molecule has 2 aliphatic rings. The number of carbonyl (C=O) groups is 1. The van der Waals surface area contributed by atoms with Gasteiger partial charge < -0.3 is 24.5 Å². The summed E-state index contributed by atoms with van der Waals surface area (Å²) in [6.07, 6.45) is 3.98. The van der Waals surface area contributed by atoms with Crippen LogP contribution in [0.3, 0.4) is 0 Å². The van der Waals surface area contributed by atoms with Crippen molar-refractivity contribution in [1.82, 2.24) is 14.9 Å². The first-order valence-electron chi connectivity index (χ1n) is 9.65. The van der Waals surface area contributed by atoms with Crippen LogP contribution < -0.4 is 9.80 Å². The molecule has 2 saturated heterocycles. The molecule has 2 aliphatic heterocycles. The predicted molar refractivity (Wildman–Crippen MR) is 105 cm³/mol. The van der Waals surface area contributed by atoms with Crippen LogP contribution in [0.1, 0.15) is 32.3 Å². The molecule has 8 nitrogen and oxygen atoms in total. The lowest BCUT2D eigenvalue weighted by Crippen LogP contribution is -2.46. The summed E-state index contributed by atoms with van der Waals surface area (Å²) in [4.78, 5) is 27.9. The Morgan fingerprint density at radius 2 is 1.96 bits per heavy atom. The van der Waals surface area contributed by atoms with Crippen LogP contribution in [0.5, 0.6) is 0 Å². The maximum atomic E-state index is 11.8. The van der Waals surface area contributed by atoms with Crippen LogP contribution >= 0.6 is 0 Å². The molecular formula is C19H31N5O3. The van der Waals surface area contributed by atoms with Gasteiger partial charge in [-0.15, -0.1) is 0 Å². The van der Waals surface area contributed by atoms with Gasteiger partial charge in [0.15, 0.2) is 0 Å². The molecule has 0 saturated carbocycles. The van der Waals surface area contributed by atoms with E-state index in [1.54, 1.807) is 20.0 Å². The largest absolute Gasteiger partial charge is 0.481 e. The molecule has 0 spiro atoms. The molecule has 1 aromatic heterocycles. The lowest BCUT2D eigenvalue weighted by atomic mass is 9.85. The first-order valence-corrected chi connectivity index (χ1v) is 9.65. The molecular weight excluding hydrogens is 346 g/mol. The Balaban J connectivity index is 1.96. The molecule has 8 heteroatoms. The maximum absolute atomic E-state index is 11.8. The first-order chi connectivity index (χ1) is 12.8. The molecule has 3 heterocycles. The molecule has 0 aliphatic carbocycles. The molecule has 2 fully saturated rings. The summed E-state index contributed by atoms with van der Waals surface area (Å²) in [6.45, 7) is 7.89. The Morgan fingerprint density at radius 1 is 1.26 bits per heavy atom. The Labute approximate surface area is 161 Å². The summed E-state index contributed by atoms with van der Waals surface area (Å²) >= 11 is 0. The zero-order chi connectivity index (χ0) is 19.6. The Hall–Kier alpha value is -1.93. The van der Waals surface area contributed by atoms with E-state index in [9.17, 15) is 9.90 Å². The topological polar surface area (TPSA) is 82.0 Å². The molecule has 1 N–H and O–H groups in total. The number of ether oxygens (including phenoxy) is 1. The van der Waals surface area contributed by atoms with Gasteiger partial charge in [0.25, 0.3) is 0 Å². The number of hydrogen-bond donors (Lipinski definition) is 1. The van der Waals surface area contributed by atoms with Crippen LogP contribution in [0.25, 0.3) is 0 Å². The number of hydrogen-bond acceptors (Lipinski definition) is 7. The lowest BCUT2D eigenvalue weighted by molar-refractivity contribution is -0.142. The van der Waals surface area contributed by atoms with E-state index in [-0.39, 0.29) is 0 Å². The van der Waals surface area contributed by atoms with E-state index in [1.165, 1.54) is 6.42 Å². The minimum Gasteiger partial charge on any atom is -0.481 e. The Bertz CT molecular complexity index is 673. The lowest BCUT2D eigenvalue weighted by Gasteiger charge is -2.37. The van der Waals surface area contributed by atoms with Crippen molar-refractivity contribution in [3.05, 3.63) is 11.8 Å². The van der Waals surface area contributed by atoms with E-state index in [2.05, 4.69) is 33.8 Å². The Morgan fingerprint density at radius 3 is 2.59 bits per heavy atom. The minimum absolute atomic E-state index is 0.476. The SMILES string of the molecule is CN(C)[C@@H]1CCCN(c2ncc(C(C)(C)C(=O)O)c(N3CCOCC3)n2)C1. The van der Waals surface area contributed by atoms with Crippen LogP contribution in [-0.4, -0.2) is 85.5 Å². The smallest absolute Gasteiger partial charge is 0.313 e. The van der Waals surface area contributed by atoms with Crippen molar-refractivity contribution in [2.75, 3.05) is 63.3 Å². The molecule has 27 heavy (non-hydrogen) atoms. The van der Waals surface area contributed by atoms with Gasteiger partial charge in [-0.2, -0.15) is 4.98 Å². The number of morpholine rings is 1. The number of anilines is 2. The third kappa shape index (κ3) is 4.16. The molecule has 0 amide bonds. The fraction of sp³-hybridized carbons (Fsp3) is 0.737. The number of carboxylic acid groups (broad SMARTS) is 1. The van der Waals surface area contributed by atoms with Gasteiger partial charge in [0, 0.05) is 44.0 Å². The highest BCUT2D eigenvalue weighted by Gasteiger charge is 2.36. The van der Waals surface area contributed by atoms with Crippen molar-refractivity contribution in [1.29, 1.82) is 0 Å². The highest BCUT2D eigenvalue weighted by Crippen LogP contribution is 2.33. The average molecular weight is 377 g/mol. The normalized spacial score (nSPS) is 21.6. The van der Waals surface area contributed by atoms with E-state index in [4.69, 9.17) is 9.72 Å². The van der Waals surface area contributed by atoms with Gasteiger partial charge in [-0.1, -0.05) is 0 Å². The monoisotopic (exact) mass is 377 g/mol. The van der Waals surface area contributed by atoms with Gasteiger partial charge in [-0.05, 0) is 40.8 Å². The molecule has 0 aromatic carbocycles. The summed E-state index contributed by atoms with van der Waals surface area (Å²) in [6, 6.07) is 0.476. The predicted octanol–water partition coefficient (Wildman–Crippen LogP) is 1.21. The molecule has 0 bridgehead atoms. The first kappa shape index (κ1) is 19.8. The van der Waals surface area contributed by atoms with Gasteiger partial charge >= 0.3 is 5.97 Å². The van der Waals surface area contributed by atoms with Crippen molar-refractivity contribution in [3.63, 3.8) is 0 Å². The number of rotatable bonds is 5. The summed E-state index contributed by atoms with van der Waals surface area (Å²) in [5, 5.41) is 9.72. The fourth-order valence-electron chi connectivity index (χ4n) is 3.65. The van der Waals surface area contributed by atoms with Crippen molar-refractivity contribution >= 4 is 17.7 Å². The summed E-state index contributed by atoms with van der Waals surface area (Å²) in [5.74, 6) is 0.537. The quantitative estimate of drug-likeness (QED) is 0.820. The van der Waals surface area contributed by atoms with E-state index in [0.717, 1.165) is 25.3 Å². The molecule has 1 aromatic rings. The van der Waals surface area contributed by atoms with Crippen LogP contribution in [0, 0.1) is 0 Å². The number of nitrogens with zero attached hydrogens (tertiary/aromatic N) is 5. The second-order valence-corrected chi connectivity index (χ2v) is 8.14. The standard InChI is InChI=1S/C19H31N5O3/c1-19(2,17(25)26)15-12-20-18(21-16(15)23-8-10-27-11-9-23)24-7-5-6-14(13-24)22(3)4/h12,14H,5-11,13H2,1-4H3,(H,25,26)/t14-/m1/s1. The zero-order valence-electron chi connectivity index (χ0n) is 16.8. The van der Waals surface area contributed by atoms with Crippen molar-refractivity contribution in [2.45, 2.75) is 38.1 Å².